The summed E-state index contributed by atoms with van der Waals surface area (Å²) in [4.78, 5) is 0. The lowest BCUT2D eigenvalue weighted by molar-refractivity contribution is 0.392. The number of halogens is 2. The van der Waals surface area contributed by atoms with E-state index in [1.165, 1.54) is 6.07 Å². The molecule has 0 spiro atoms. The van der Waals surface area contributed by atoms with Gasteiger partial charge in [0.25, 0.3) is 0 Å². The first-order valence-corrected chi connectivity index (χ1v) is 7.04. The molecule has 2 nitrogen and oxygen atoms in total. The molecule has 0 bridgehead atoms. The highest BCUT2D eigenvalue weighted by Crippen LogP contribution is 2.24. The van der Waals surface area contributed by atoms with Gasteiger partial charge in [0.2, 0.25) is 0 Å². The van der Waals surface area contributed by atoms with E-state index in [4.69, 9.17) is 4.42 Å². The van der Waals surface area contributed by atoms with Crippen LogP contribution in [0.4, 0.5) is 4.39 Å². The van der Waals surface area contributed by atoms with Gasteiger partial charge in [-0.15, -0.1) is 0 Å². The maximum absolute atomic E-state index is 13.2. The molecule has 0 fully saturated rings. The molecule has 0 aliphatic heterocycles. The van der Waals surface area contributed by atoms with Crippen LogP contribution >= 0.6 is 15.9 Å². The second-order valence-electron chi connectivity index (χ2n) is 4.73. The van der Waals surface area contributed by atoms with Gasteiger partial charge in [0.15, 0.2) is 0 Å². The van der Waals surface area contributed by atoms with E-state index in [0.29, 0.717) is 4.47 Å². The van der Waals surface area contributed by atoms with Crippen molar-refractivity contribution in [3.8, 4) is 0 Å². The van der Waals surface area contributed by atoms with Crippen molar-refractivity contribution in [2.45, 2.75) is 32.9 Å². The molecule has 19 heavy (non-hydrogen) atoms. The van der Waals surface area contributed by atoms with E-state index in [0.717, 1.165) is 17.1 Å². The van der Waals surface area contributed by atoms with E-state index in [9.17, 15) is 4.39 Å². The average Bonchev–Trinajstić information content (AvgIpc) is 2.79. The Labute approximate surface area is 121 Å². The second kappa shape index (κ2) is 5.88. The van der Waals surface area contributed by atoms with Crippen LogP contribution in [0, 0.1) is 12.7 Å². The van der Waals surface area contributed by atoms with Crippen molar-refractivity contribution in [3.05, 3.63) is 57.7 Å². The highest BCUT2D eigenvalue weighted by molar-refractivity contribution is 9.10. The van der Waals surface area contributed by atoms with E-state index in [1.54, 1.807) is 12.1 Å². The summed E-state index contributed by atoms with van der Waals surface area (Å²) in [5.74, 6) is 1.57. The van der Waals surface area contributed by atoms with Crippen LogP contribution in [0.15, 0.2) is 39.2 Å². The Morgan fingerprint density at radius 1 is 1.16 bits per heavy atom. The monoisotopic (exact) mass is 325 g/mol. The molecule has 1 N–H and O–H groups in total. The topological polar surface area (TPSA) is 25.2 Å². The lowest BCUT2D eigenvalue weighted by Crippen LogP contribution is -2.22. The molecule has 0 saturated heterocycles. The smallest absolute Gasteiger partial charge is 0.137 e. The van der Waals surface area contributed by atoms with E-state index in [2.05, 4.69) is 21.2 Å². The average molecular weight is 326 g/mol. The summed E-state index contributed by atoms with van der Waals surface area (Å²) in [7, 11) is 0. The third-order valence-electron chi connectivity index (χ3n) is 3.13. The van der Waals surface area contributed by atoms with Crippen molar-refractivity contribution < 1.29 is 8.81 Å². The predicted octanol–water partition coefficient (Wildman–Crippen LogP) is 4.90. The fraction of sp³-hybridized carbons (Fsp3) is 0.333. The quantitative estimate of drug-likeness (QED) is 0.864. The van der Waals surface area contributed by atoms with Gasteiger partial charge in [-0.1, -0.05) is 6.07 Å². The molecule has 0 aliphatic rings. The van der Waals surface area contributed by atoms with Crippen LogP contribution in [0.2, 0.25) is 0 Å². The van der Waals surface area contributed by atoms with Crippen molar-refractivity contribution >= 4 is 15.9 Å². The summed E-state index contributed by atoms with van der Waals surface area (Å²) in [5, 5.41) is 3.44. The van der Waals surface area contributed by atoms with Gasteiger partial charge < -0.3 is 9.73 Å². The number of rotatable bonds is 4. The molecular formula is C15H17BrFNO. The summed E-state index contributed by atoms with van der Waals surface area (Å²) >= 11 is 3.21. The highest BCUT2D eigenvalue weighted by Gasteiger charge is 2.14. The largest absolute Gasteiger partial charge is 0.465 e. The van der Waals surface area contributed by atoms with Gasteiger partial charge in [-0.25, -0.2) is 4.39 Å². The van der Waals surface area contributed by atoms with Gasteiger partial charge in [-0.05, 0) is 66.5 Å². The molecule has 1 aromatic carbocycles. The summed E-state index contributed by atoms with van der Waals surface area (Å²) in [6, 6.07) is 9.20. The third-order valence-corrected chi connectivity index (χ3v) is 3.74. The SMILES string of the molecule is Cc1ccc(C(C)NC(C)c2ccc(F)c(Br)c2)o1. The Kier molecular flexibility index (Phi) is 4.42. The molecule has 1 heterocycles. The van der Waals surface area contributed by atoms with Crippen LogP contribution in [0.1, 0.15) is 43.0 Å². The number of aryl methyl sites for hydroxylation is 1. The minimum atomic E-state index is -0.245. The summed E-state index contributed by atoms with van der Waals surface area (Å²) in [5.41, 5.74) is 1.03. The fourth-order valence-corrected chi connectivity index (χ4v) is 2.42. The molecular weight excluding hydrogens is 309 g/mol. The molecule has 0 saturated carbocycles. The van der Waals surface area contributed by atoms with Gasteiger partial charge in [0.05, 0.1) is 10.5 Å². The minimum absolute atomic E-state index is 0.104. The highest BCUT2D eigenvalue weighted by atomic mass is 79.9. The van der Waals surface area contributed by atoms with Gasteiger partial charge in [0, 0.05) is 6.04 Å². The van der Waals surface area contributed by atoms with Crippen LogP contribution in [0.25, 0.3) is 0 Å². The second-order valence-corrected chi connectivity index (χ2v) is 5.59. The number of hydrogen-bond donors (Lipinski definition) is 1. The normalized spacial score (nSPS) is 14.4. The standard InChI is InChI=1S/C15H17BrFNO/c1-9-4-7-15(19-9)11(3)18-10(2)12-5-6-14(17)13(16)8-12/h4-8,10-11,18H,1-3H3. The van der Waals surface area contributed by atoms with Gasteiger partial charge in [0.1, 0.15) is 17.3 Å². The Bertz CT molecular complexity index is 567. The van der Waals surface area contributed by atoms with E-state index >= 15 is 0 Å². The van der Waals surface area contributed by atoms with Crippen molar-refractivity contribution in [1.29, 1.82) is 0 Å². The molecule has 2 rings (SSSR count). The minimum Gasteiger partial charge on any atom is -0.465 e. The van der Waals surface area contributed by atoms with E-state index in [1.807, 2.05) is 32.9 Å². The summed E-state index contributed by atoms with van der Waals surface area (Å²) in [6.07, 6.45) is 0. The predicted molar refractivity (Wildman–Crippen MR) is 77.5 cm³/mol. The van der Waals surface area contributed by atoms with Crippen molar-refractivity contribution in [3.63, 3.8) is 0 Å². The molecule has 2 unspecified atom stereocenters. The Balaban J connectivity index is 2.07. The molecule has 4 heteroatoms. The maximum atomic E-state index is 13.2. The Morgan fingerprint density at radius 3 is 2.47 bits per heavy atom. The van der Waals surface area contributed by atoms with Gasteiger partial charge in [-0.3, -0.25) is 0 Å². The first kappa shape index (κ1) is 14.3. The Hall–Kier alpha value is -1.13. The van der Waals surface area contributed by atoms with Crippen LogP contribution < -0.4 is 5.32 Å². The maximum Gasteiger partial charge on any atom is 0.137 e. The molecule has 0 aliphatic carbocycles. The zero-order valence-corrected chi connectivity index (χ0v) is 12.8. The lowest BCUT2D eigenvalue weighted by Gasteiger charge is -2.19. The molecule has 0 radical (unpaired) electrons. The van der Waals surface area contributed by atoms with E-state index in [-0.39, 0.29) is 17.9 Å². The zero-order valence-electron chi connectivity index (χ0n) is 11.2. The number of furan rings is 1. The first-order valence-electron chi connectivity index (χ1n) is 6.24. The van der Waals surface area contributed by atoms with Gasteiger partial charge in [-0.2, -0.15) is 0 Å². The van der Waals surface area contributed by atoms with E-state index < -0.39 is 0 Å². The first-order chi connectivity index (χ1) is 8.97. The number of nitrogens with one attached hydrogen (secondary N) is 1. The molecule has 2 aromatic rings. The molecule has 0 amide bonds. The van der Waals surface area contributed by atoms with Crippen LogP contribution in [0.5, 0.6) is 0 Å². The van der Waals surface area contributed by atoms with Crippen LogP contribution in [0.3, 0.4) is 0 Å². The van der Waals surface area contributed by atoms with Gasteiger partial charge >= 0.3 is 0 Å². The number of benzene rings is 1. The fourth-order valence-electron chi connectivity index (χ4n) is 2.02. The van der Waals surface area contributed by atoms with Crippen molar-refractivity contribution in [2.24, 2.45) is 0 Å². The van der Waals surface area contributed by atoms with Crippen LogP contribution in [-0.4, -0.2) is 0 Å². The van der Waals surface area contributed by atoms with Crippen molar-refractivity contribution in [1.82, 2.24) is 5.32 Å². The third kappa shape index (κ3) is 3.45. The molecule has 102 valence electrons. The summed E-state index contributed by atoms with van der Waals surface area (Å²) < 4.78 is 19.3. The number of hydrogen-bond acceptors (Lipinski definition) is 2. The zero-order chi connectivity index (χ0) is 14.0. The van der Waals surface area contributed by atoms with Crippen LogP contribution in [-0.2, 0) is 0 Å². The Morgan fingerprint density at radius 2 is 1.89 bits per heavy atom. The van der Waals surface area contributed by atoms with Crippen molar-refractivity contribution in [2.75, 3.05) is 0 Å². The summed E-state index contributed by atoms with van der Waals surface area (Å²) in [6.45, 7) is 6.02. The molecule has 1 aromatic heterocycles. The molecule has 2 atom stereocenters. The lowest BCUT2D eigenvalue weighted by atomic mass is 10.1.